The normalized spacial score (nSPS) is 10.8. The number of hydrogen-bond acceptors (Lipinski definition) is 3. The fraction of sp³-hybridized carbons (Fsp3) is 0.500. The van der Waals surface area contributed by atoms with Gasteiger partial charge < -0.3 is 14.4 Å². The van der Waals surface area contributed by atoms with Crippen LogP contribution in [0.5, 0.6) is 0 Å². The van der Waals surface area contributed by atoms with Crippen molar-refractivity contribution in [2.75, 3.05) is 14.2 Å². The fourth-order valence-electron chi connectivity index (χ4n) is 0.733. The van der Waals surface area contributed by atoms with Crippen molar-refractivity contribution in [3.8, 4) is 0 Å². The van der Waals surface area contributed by atoms with Crippen molar-refractivity contribution in [3.63, 3.8) is 0 Å². The Morgan fingerprint density at radius 2 is 2.55 bits per heavy atom. The molecule has 0 aliphatic carbocycles. The van der Waals surface area contributed by atoms with Crippen molar-refractivity contribution in [1.29, 1.82) is 0 Å². The molecule has 1 aromatic heterocycles. The number of rotatable bonds is 3. The lowest BCUT2D eigenvalue weighted by molar-refractivity contribution is -0.132. The van der Waals surface area contributed by atoms with Crippen molar-refractivity contribution >= 4 is 12.2 Å². The molecule has 0 fully saturated rings. The maximum absolute atomic E-state index is 4.98. The lowest BCUT2D eigenvalue weighted by atomic mass is 10.8. The number of nitrogens with zero attached hydrogens (tertiary/aromatic N) is 2. The van der Waals surface area contributed by atoms with Crippen molar-refractivity contribution < 1.29 is 4.84 Å². The molecule has 0 unspecified atom stereocenters. The molecular formula is C6H11N3OS. The molecule has 62 valence electrons. The number of aromatic amines is 1. The summed E-state index contributed by atoms with van der Waals surface area (Å²) in [5.74, 6) is 0. The third-order valence-corrected chi connectivity index (χ3v) is 1.74. The van der Waals surface area contributed by atoms with Gasteiger partial charge in [0.25, 0.3) is 0 Å². The fourth-order valence-corrected chi connectivity index (χ4v) is 0.919. The first-order valence-electron chi connectivity index (χ1n) is 3.23. The van der Waals surface area contributed by atoms with Gasteiger partial charge in [-0.15, -0.1) is 0 Å². The minimum atomic E-state index is 0.638. The zero-order chi connectivity index (χ0) is 8.27. The largest absolute Gasteiger partial charge is 0.337 e. The lowest BCUT2D eigenvalue weighted by Crippen LogP contribution is -2.20. The molecule has 0 saturated heterocycles. The summed E-state index contributed by atoms with van der Waals surface area (Å²) in [5.41, 5.74) is 0. The van der Waals surface area contributed by atoms with E-state index < -0.39 is 0 Å². The molecule has 1 N–H and O–H groups in total. The molecular weight excluding hydrogens is 162 g/mol. The Bertz CT molecular complexity index is 267. The number of hydrogen-bond donors (Lipinski definition) is 1. The number of H-pyrrole nitrogens is 1. The van der Waals surface area contributed by atoms with E-state index in [1.54, 1.807) is 18.4 Å². The Balaban J connectivity index is 2.64. The highest BCUT2D eigenvalue weighted by Gasteiger charge is 1.96. The molecule has 1 heterocycles. The van der Waals surface area contributed by atoms with E-state index in [1.807, 2.05) is 17.8 Å². The molecule has 0 amide bonds. The molecule has 4 nitrogen and oxygen atoms in total. The second-order valence-electron chi connectivity index (χ2n) is 2.19. The summed E-state index contributed by atoms with van der Waals surface area (Å²) < 4.78 is 2.58. The molecule has 0 atom stereocenters. The van der Waals surface area contributed by atoms with Gasteiger partial charge >= 0.3 is 0 Å². The lowest BCUT2D eigenvalue weighted by Gasteiger charge is -2.13. The van der Waals surface area contributed by atoms with Gasteiger partial charge in [0.15, 0.2) is 4.77 Å². The first kappa shape index (κ1) is 8.45. The van der Waals surface area contributed by atoms with Gasteiger partial charge in [-0.3, -0.25) is 0 Å². The zero-order valence-electron chi connectivity index (χ0n) is 6.57. The van der Waals surface area contributed by atoms with Crippen molar-refractivity contribution in [2.45, 2.75) is 6.67 Å². The van der Waals surface area contributed by atoms with Crippen LogP contribution < -0.4 is 0 Å². The topological polar surface area (TPSA) is 33.2 Å². The van der Waals surface area contributed by atoms with Gasteiger partial charge in [0.05, 0.1) is 7.11 Å². The van der Waals surface area contributed by atoms with Crippen LogP contribution in [0.4, 0.5) is 0 Å². The Morgan fingerprint density at radius 3 is 3.00 bits per heavy atom. The zero-order valence-corrected chi connectivity index (χ0v) is 7.39. The molecule has 0 bridgehead atoms. The third-order valence-electron chi connectivity index (χ3n) is 1.39. The van der Waals surface area contributed by atoms with Crippen LogP contribution in [0.1, 0.15) is 0 Å². The van der Waals surface area contributed by atoms with Crippen LogP contribution in [0, 0.1) is 4.77 Å². The van der Waals surface area contributed by atoms with Crippen molar-refractivity contribution in [3.05, 3.63) is 17.2 Å². The summed E-state index contributed by atoms with van der Waals surface area (Å²) in [7, 11) is 3.46. The van der Waals surface area contributed by atoms with E-state index in [0.717, 1.165) is 0 Å². The molecule has 0 aliphatic rings. The van der Waals surface area contributed by atoms with Crippen molar-refractivity contribution in [2.24, 2.45) is 0 Å². The first-order valence-corrected chi connectivity index (χ1v) is 3.64. The SMILES string of the molecule is CON(C)Cn1cc[nH]c1=S. The van der Waals surface area contributed by atoms with E-state index in [1.165, 1.54) is 0 Å². The van der Waals surface area contributed by atoms with E-state index >= 15 is 0 Å². The highest BCUT2D eigenvalue weighted by molar-refractivity contribution is 7.71. The number of aromatic nitrogens is 2. The standard InChI is InChI=1S/C6H11N3OS/c1-8(10-2)5-9-4-3-7-6(9)11/h3-4H,5H2,1-2H3,(H,7,11). The predicted octanol–water partition coefficient (Wildman–Crippen LogP) is 0.996. The van der Waals surface area contributed by atoms with Gasteiger partial charge in [-0.2, -0.15) is 5.06 Å². The minimum Gasteiger partial charge on any atom is -0.337 e. The van der Waals surface area contributed by atoms with E-state index in [0.29, 0.717) is 11.4 Å². The second kappa shape index (κ2) is 3.66. The molecule has 1 rings (SSSR count). The molecule has 0 aromatic carbocycles. The van der Waals surface area contributed by atoms with E-state index in [-0.39, 0.29) is 0 Å². The Hall–Kier alpha value is -0.650. The third kappa shape index (κ3) is 2.14. The van der Waals surface area contributed by atoms with Crippen LogP contribution in [-0.4, -0.2) is 28.8 Å². The van der Waals surface area contributed by atoms with Gasteiger partial charge in [0.2, 0.25) is 0 Å². The second-order valence-corrected chi connectivity index (χ2v) is 2.57. The highest BCUT2D eigenvalue weighted by Crippen LogP contribution is 1.93. The number of nitrogens with one attached hydrogen (secondary N) is 1. The average molecular weight is 173 g/mol. The molecule has 0 spiro atoms. The summed E-state index contributed by atoms with van der Waals surface area (Å²) in [6.07, 6.45) is 3.67. The Labute approximate surface area is 70.4 Å². The minimum absolute atomic E-state index is 0.638. The molecule has 0 aliphatic heterocycles. The average Bonchev–Trinajstić information content (AvgIpc) is 2.37. The maximum atomic E-state index is 4.98. The van der Waals surface area contributed by atoms with Gasteiger partial charge in [-0.25, -0.2) is 0 Å². The van der Waals surface area contributed by atoms with Gasteiger partial charge in [0.1, 0.15) is 6.67 Å². The first-order chi connectivity index (χ1) is 5.24. The number of imidazole rings is 1. The van der Waals surface area contributed by atoms with E-state index in [2.05, 4.69) is 4.98 Å². The van der Waals surface area contributed by atoms with Crippen LogP contribution in [0.25, 0.3) is 0 Å². The molecule has 1 aromatic rings. The van der Waals surface area contributed by atoms with Gasteiger partial charge in [-0.05, 0) is 12.2 Å². The van der Waals surface area contributed by atoms with Gasteiger partial charge in [-0.1, -0.05) is 0 Å². The highest BCUT2D eigenvalue weighted by atomic mass is 32.1. The van der Waals surface area contributed by atoms with Crippen LogP contribution in [0.3, 0.4) is 0 Å². The summed E-state index contributed by atoms with van der Waals surface area (Å²) >= 11 is 4.98. The predicted molar refractivity (Wildman–Crippen MR) is 44.4 cm³/mol. The summed E-state index contributed by atoms with van der Waals surface area (Å²) in [5, 5.41) is 1.68. The Kier molecular flexibility index (Phi) is 2.81. The molecule has 0 radical (unpaired) electrons. The quantitative estimate of drug-likeness (QED) is 0.546. The maximum Gasteiger partial charge on any atom is 0.178 e. The monoisotopic (exact) mass is 173 g/mol. The smallest absolute Gasteiger partial charge is 0.178 e. The molecule has 5 heteroatoms. The van der Waals surface area contributed by atoms with Crippen LogP contribution in [0.15, 0.2) is 12.4 Å². The van der Waals surface area contributed by atoms with Crippen molar-refractivity contribution in [1.82, 2.24) is 14.6 Å². The van der Waals surface area contributed by atoms with Crippen LogP contribution >= 0.6 is 12.2 Å². The van der Waals surface area contributed by atoms with Crippen LogP contribution in [-0.2, 0) is 11.5 Å². The molecule has 11 heavy (non-hydrogen) atoms. The van der Waals surface area contributed by atoms with Gasteiger partial charge in [0, 0.05) is 19.4 Å². The van der Waals surface area contributed by atoms with E-state index in [4.69, 9.17) is 17.1 Å². The summed E-state index contributed by atoms with van der Waals surface area (Å²) in [6.45, 7) is 0.638. The number of hydroxylamine groups is 2. The van der Waals surface area contributed by atoms with Crippen LogP contribution in [0.2, 0.25) is 0 Å². The summed E-state index contributed by atoms with van der Waals surface area (Å²) in [6, 6.07) is 0. The molecule has 0 saturated carbocycles. The van der Waals surface area contributed by atoms with E-state index in [9.17, 15) is 0 Å². The Morgan fingerprint density at radius 1 is 1.82 bits per heavy atom. The summed E-state index contributed by atoms with van der Waals surface area (Å²) in [4.78, 5) is 7.82.